The van der Waals surface area contributed by atoms with Crippen molar-refractivity contribution in [2.75, 3.05) is 0 Å². The summed E-state index contributed by atoms with van der Waals surface area (Å²) >= 11 is 1.52. The maximum Gasteiger partial charge on any atom is 0.262 e. The molecule has 0 aliphatic rings. The molecule has 0 fully saturated rings. The SMILES string of the molecule is CCCCn1c(=O)c2ccccc2n2c(SCc3coc(-c4ccccc4)n3)nnc12. The molecule has 0 spiro atoms. The van der Waals surface area contributed by atoms with Gasteiger partial charge in [0.15, 0.2) is 5.16 Å². The van der Waals surface area contributed by atoms with Gasteiger partial charge < -0.3 is 4.42 Å². The number of unbranched alkanes of at least 4 members (excludes halogenated alkanes) is 1. The Hall–Kier alpha value is -3.39. The van der Waals surface area contributed by atoms with Gasteiger partial charge in [-0.3, -0.25) is 13.8 Å². The van der Waals surface area contributed by atoms with E-state index in [0.29, 0.717) is 29.4 Å². The van der Waals surface area contributed by atoms with Gasteiger partial charge in [0.25, 0.3) is 5.56 Å². The molecule has 0 radical (unpaired) electrons. The molecular formula is C23H21N5O2S. The van der Waals surface area contributed by atoms with Crippen LogP contribution in [0, 0.1) is 0 Å². The van der Waals surface area contributed by atoms with Crippen molar-refractivity contribution in [2.24, 2.45) is 0 Å². The van der Waals surface area contributed by atoms with Gasteiger partial charge in [0.05, 0.1) is 16.6 Å². The minimum Gasteiger partial charge on any atom is -0.444 e. The normalized spacial score (nSPS) is 11.5. The number of aryl methyl sites for hydroxylation is 1. The van der Waals surface area contributed by atoms with Crippen LogP contribution >= 0.6 is 11.8 Å². The highest BCUT2D eigenvalue weighted by molar-refractivity contribution is 7.98. The molecule has 0 unspecified atom stereocenters. The molecule has 5 aromatic rings. The Bertz CT molecular complexity index is 1400. The molecule has 2 aromatic carbocycles. The van der Waals surface area contributed by atoms with Crippen molar-refractivity contribution >= 4 is 28.4 Å². The lowest BCUT2D eigenvalue weighted by Gasteiger charge is -2.10. The Balaban J connectivity index is 1.50. The zero-order chi connectivity index (χ0) is 21.2. The third kappa shape index (κ3) is 3.63. The number of benzene rings is 2. The molecule has 0 atom stereocenters. The zero-order valence-corrected chi connectivity index (χ0v) is 17.9. The molecule has 3 aromatic heterocycles. The largest absolute Gasteiger partial charge is 0.444 e. The second kappa shape index (κ2) is 8.39. The van der Waals surface area contributed by atoms with E-state index in [9.17, 15) is 4.79 Å². The Morgan fingerprint density at radius 2 is 1.84 bits per heavy atom. The Morgan fingerprint density at radius 1 is 1.03 bits per heavy atom. The summed E-state index contributed by atoms with van der Waals surface area (Å²) in [4.78, 5) is 17.6. The van der Waals surface area contributed by atoms with Crippen LogP contribution in [0.25, 0.3) is 28.1 Å². The first-order valence-corrected chi connectivity index (χ1v) is 11.2. The minimum atomic E-state index is -0.0236. The summed E-state index contributed by atoms with van der Waals surface area (Å²) in [6.07, 6.45) is 3.58. The third-order valence-corrected chi connectivity index (χ3v) is 6.10. The van der Waals surface area contributed by atoms with E-state index in [4.69, 9.17) is 4.42 Å². The van der Waals surface area contributed by atoms with E-state index in [-0.39, 0.29) is 5.56 Å². The number of fused-ring (bicyclic) bond motifs is 3. The summed E-state index contributed by atoms with van der Waals surface area (Å²) in [7, 11) is 0. The van der Waals surface area contributed by atoms with Crippen molar-refractivity contribution in [3.8, 4) is 11.5 Å². The summed E-state index contributed by atoms with van der Waals surface area (Å²) < 4.78 is 9.34. The number of thioether (sulfide) groups is 1. The average Bonchev–Trinajstić information content (AvgIpc) is 3.46. The number of hydrogen-bond donors (Lipinski definition) is 0. The fraction of sp³-hybridized carbons (Fsp3) is 0.217. The highest BCUT2D eigenvalue weighted by Gasteiger charge is 2.17. The number of hydrogen-bond acceptors (Lipinski definition) is 6. The van der Waals surface area contributed by atoms with E-state index < -0.39 is 0 Å². The van der Waals surface area contributed by atoms with Gasteiger partial charge in [-0.1, -0.05) is 55.4 Å². The molecule has 8 heteroatoms. The van der Waals surface area contributed by atoms with E-state index >= 15 is 0 Å². The Morgan fingerprint density at radius 3 is 2.68 bits per heavy atom. The molecule has 3 heterocycles. The Kier molecular flexibility index (Phi) is 5.30. The van der Waals surface area contributed by atoms with Crippen molar-refractivity contribution < 1.29 is 4.42 Å². The van der Waals surface area contributed by atoms with Crippen LogP contribution in [0.1, 0.15) is 25.5 Å². The van der Waals surface area contributed by atoms with Crippen molar-refractivity contribution in [1.82, 2.24) is 24.1 Å². The van der Waals surface area contributed by atoms with E-state index in [0.717, 1.165) is 34.8 Å². The number of aromatic nitrogens is 5. The topological polar surface area (TPSA) is 78.2 Å². The fourth-order valence-electron chi connectivity index (χ4n) is 3.57. The average molecular weight is 432 g/mol. The molecular weight excluding hydrogens is 410 g/mol. The zero-order valence-electron chi connectivity index (χ0n) is 17.1. The maximum atomic E-state index is 13.0. The predicted octanol–water partition coefficient (Wildman–Crippen LogP) is 4.79. The second-order valence-electron chi connectivity index (χ2n) is 7.24. The van der Waals surface area contributed by atoms with Gasteiger partial charge in [0.1, 0.15) is 6.26 Å². The van der Waals surface area contributed by atoms with Gasteiger partial charge in [-0.05, 0) is 30.7 Å². The van der Waals surface area contributed by atoms with Crippen LogP contribution < -0.4 is 5.56 Å². The van der Waals surface area contributed by atoms with Gasteiger partial charge >= 0.3 is 0 Å². The van der Waals surface area contributed by atoms with Crippen LogP contribution in [0.3, 0.4) is 0 Å². The molecule has 0 saturated carbocycles. The van der Waals surface area contributed by atoms with Crippen LogP contribution in [0.5, 0.6) is 0 Å². The first-order valence-electron chi connectivity index (χ1n) is 10.3. The molecule has 0 N–H and O–H groups in total. The van der Waals surface area contributed by atoms with Gasteiger partial charge in [-0.2, -0.15) is 0 Å². The molecule has 0 aliphatic heterocycles. The lowest BCUT2D eigenvalue weighted by Crippen LogP contribution is -2.23. The monoisotopic (exact) mass is 431 g/mol. The van der Waals surface area contributed by atoms with E-state index in [1.165, 1.54) is 11.8 Å². The van der Waals surface area contributed by atoms with Crippen molar-refractivity contribution in [2.45, 2.75) is 37.2 Å². The van der Waals surface area contributed by atoms with Crippen molar-refractivity contribution in [1.29, 1.82) is 0 Å². The maximum absolute atomic E-state index is 13.0. The molecule has 156 valence electrons. The van der Waals surface area contributed by atoms with Crippen molar-refractivity contribution in [3.63, 3.8) is 0 Å². The summed E-state index contributed by atoms with van der Waals surface area (Å²) in [6.45, 7) is 2.73. The van der Waals surface area contributed by atoms with Gasteiger partial charge in [0.2, 0.25) is 11.7 Å². The first kappa shape index (κ1) is 19.6. The Labute approximate surface area is 182 Å². The number of para-hydroxylation sites is 1. The van der Waals surface area contributed by atoms with Crippen LogP contribution in [-0.4, -0.2) is 24.1 Å². The first-order chi connectivity index (χ1) is 15.3. The molecule has 31 heavy (non-hydrogen) atoms. The highest BCUT2D eigenvalue weighted by Crippen LogP contribution is 2.26. The summed E-state index contributed by atoms with van der Waals surface area (Å²) in [5.41, 5.74) is 2.55. The van der Waals surface area contributed by atoms with Crippen LogP contribution in [0.15, 0.2) is 75.2 Å². The van der Waals surface area contributed by atoms with E-state index in [2.05, 4.69) is 22.1 Å². The molecule has 7 nitrogen and oxygen atoms in total. The predicted molar refractivity (Wildman–Crippen MR) is 121 cm³/mol. The van der Waals surface area contributed by atoms with Gasteiger partial charge in [-0.25, -0.2) is 4.98 Å². The number of nitrogens with zero attached hydrogens (tertiary/aromatic N) is 5. The van der Waals surface area contributed by atoms with E-state index in [1.807, 2.05) is 59.0 Å². The van der Waals surface area contributed by atoms with E-state index in [1.54, 1.807) is 10.8 Å². The smallest absolute Gasteiger partial charge is 0.262 e. The molecule has 0 saturated heterocycles. The molecule has 5 rings (SSSR count). The summed E-state index contributed by atoms with van der Waals surface area (Å²) in [5, 5.41) is 10.1. The fourth-order valence-corrected chi connectivity index (χ4v) is 4.39. The molecule has 0 aliphatic carbocycles. The number of rotatable bonds is 7. The van der Waals surface area contributed by atoms with Crippen molar-refractivity contribution in [3.05, 3.63) is 76.9 Å². The lowest BCUT2D eigenvalue weighted by atomic mass is 10.2. The number of oxazole rings is 1. The van der Waals surface area contributed by atoms with Gasteiger partial charge in [-0.15, -0.1) is 10.2 Å². The molecule has 0 bridgehead atoms. The summed E-state index contributed by atoms with van der Waals surface area (Å²) in [6, 6.07) is 17.4. The van der Waals surface area contributed by atoms with Gasteiger partial charge in [0, 0.05) is 17.9 Å². The van der Waals surface area contributed by atoms with Crippen LogP contribution in [0.2, 0.25) is 0 Å². The quantitative estimate of drug-likeness (QED) is 0.345. The molecule has 0 amide bonds. The van der Waals surface area contributed by atoms with Crippen LogP contribution in [-0.2, 0) is 12.3 Å². The second-order valence-corrected chi connectivity index (χ2v) is 8.19. The highest BCUT2D eigenvalue weighted by atomic mass is 32.2. The third-order valence-electron chi connectivity index (χ3n) is 5.14. The lowest BCUT2D eigenvalue weighted by molar-refractivity contribution is 0.573. The summed E-state index contributed by atoms with van der Waals surface area (Å²) in [5.74, 6) is 1.76. The minimum absolute atomic E-state index is 0.0236. The van der Waals surface area contributed by atoms with Crippen LogP contribution in [0.4, 0.5) is 0 Å². The standard InChI is InChI=1S/C23H21N5O2S/c1-2-3-13-27-21(29)18-11-7-8-12-19(18)28-22(27)25-26-23(28)31-15-17-14-30-20(24-17)16-9-5-4-6-10-16/h4-12,14H,2-3,13,15H2,1H3.